The van der Waals surface area contributed by atoms with E-state index in [1.54, 1.807) is 0 Å². The molecule has 0 aliphatic rings. The van der Waals surface area contributed by atoms with Crippen molar-refractivity contribution >= 4 is 44.6 Å². The Kier molecular flexibility index (Phi) is 5.65. The molecule has 6 nitrogen and oxygen atoms in total. The lowest BCUT2D eigenvalue weighted by Crippen LogP contribution is -2.05. The lowest BCUT2D eigenvalue weighted by atomic mass is 10.1. The van der Waals surface area contributed by atoms with Crippen LogP contribution in [0, 0.1) is 23.0 Å². The Labute approximate surface area is 171 Å². The van der Waals surface area contributed by atoms with E-state index in [0.717, 1.165) is 16.8 Å². The molecule has 2 heterocycles. The van der Waals surface area contributed by atoms with Crippen LogP contribution in [0.15, 0.2) is 30.5 Å². The van der Waals surface area contributed by atoms with E-state index < -0.39 is 22.4 Å². The van der Waals surface area contributed by atoms with Crippen molar-refractivity contribution in [1.82, 2.24) is 19.6 Å². The number of nitrogens with zero attached hydrogens (tertiary/aromatic N) is 5. The summed E-state index contributed by atoms with van der Waals surface area (Å²) in [6.07, 6.45) is 2.66. The van der Waals surface area contributed by atoms with Gasteiger partial charge in [0.05, 0.1) is 32.5 Å². The van der Waals surface area contributed by atoms with Crippen LogP contribution in [0.5, 0.6) is 0 Å². The lowest BCUT2D eigenvalue weighted by molar-refractivity contribution is 0.588. The third-order valence-corrected chi connectivity index (χ3v) is 5.48. The molecule has 0 bridgehead atoms. The van der Waals surface area contributed by atoms with Gasteiger partial charge < -0.3 is 0 Å². The molecule has 2 aromatic heterocycles. The van der Waals surface area contributed by atoms with Gasteiger partial charge in [-0.2, -0.15) is 15.5 Å². The maximum absolute atomic E-state index is 14.0. The zero-order chi connectivity index (χ0) is 20.6. The van der Waals surface area contributed by atoms with Crippen LogP contribution in [0.1, 0.15) is 5.56 Å². The number of allylic oxidation sites excluding steroid dienone is 1. The number of hydrogen-bond acceptors (Lipinski definition) is 4. The van der Waals surface area contributed by atoms with Crippen LogP contribution in [0.25, 0.3) is 21.9 Å². The smallest absolute Gasteiger partial charge is 0.161 e. The summed E-state index contributed by atoms with van der Waals surface area (Å²) in [5, 5.41) is 17.7. The van der Waals surface area contributed by atoms with Gasteiger partial charge in [-0.3, -0.25) is 8.89 Å². The molecule has 0 radical (unpaired) electrons. The van der Waals surface area contributed by atoms with Crippen molar-refractivity contribution in [3.05, 3.63) is 58.0 Å². The number of hydrogen-bond donors (Lipinski definition) is 0. The molecule has 1 aromatic carbocycles. The average molecular weight is 442 g/mol. The van der Waals surface area contributed by atoms with Crippen LogP contribution in [0.4, 0.5) is 8.78 Å². The number of benzene rings is 1. The number of nitriles is 1. The van der Waals surface area contributed by atoms with Crippen molar-refractivity contribution in [2.75, 3.05) is 6.26 Å². The Balaban J connectivity index is 2.24. The van der Waals surface area contributed by atoms with Crippen LogP contribution in [-0.2, 0) is 17.8 Å². The second-order valence-electron chi connectivity index (χ2n) is 5.57. The van der Waals surface area contributed by atoms with Crippen LogP contribution >= 0.6 is 23.2 Å². The summed E-state index contributed by atoms with van der Waals surface area (Å²) >= 11 is 12.3. The van der Waals surface area contributed by atoms with Gasteiger partial charge in [0.2, 0.25) is 0 Å². The normalized spacial score (nSPS) is 13.2. The Hall–Kier alpha value is -2.54. The Bertz CT molecular complexity index is 1160. The molecule has 0 N–H and O–H groups in total. The van der Waals surface area contributed by atoms with E-state index in [-0.39, 0.29) is 37.7 Å². The van der Waals surface area contributed by atoms with Crippen molar-refractivity contribution in [3.8, 4) is 17.3 Å². The molecule has 0 saturated carbocycles. The second-order valence-corrected chi connectivity index (χ2v) is 7.60. The Morgan fingerprint density at radius 1 is 1.21 bits per heavy atom. The number of aromatic nitrogens is 4. The molecule has 0 spiro atoms. The van der Waals surface area contributed by atoms with E-state index >= 15 is 0 Å². The zero-order valence-electron chi connectivity index (χ0n) is 14.5. The molecule has 0 aliphatic heterocycles. The van der Waals surface area contributed by atoms with E-state index in [0.29, 0.717) is 0 Å². The van der Waals surface area contributed by atoms with Gasteiger partial charge in [0.25, 0.3) is 0 Å². The maximum Gasteiger partial charge on any atom is 0.161 e. The monoisotopic (exact) mass is 441 g/mol. The van der Waals surface area contributed by atoms with Crippen molar-refractivity contribution < 1.29 is 13.0 Å². The highest BCUT2D eigenvalue weighted by Gasteiger charge is 2.25. The van der Waals surface area contributed by atoms with Crippen molar-refractivity contribution in [3.63, 3.8) is 0 Å². The molecule has 0 saturated heterocycles. The summed E-state index contributed by atoms with van der Waals surface area (Å²) in [5.41, 5.74) is -0.416. The summed E-state index contributed by atoms with van der Waals surface area (Å²) in [7, 11) is -0.175. The molecular weight excluding hydrogens is 431 g/mol. The zero-order valence-corrected chi connectivity index (χ0v) is 16.8. The minimum absolute atomic E-state index is 0.00532. The highest BCUT2D eigenvalue weighted by Crippen LogP contribution is 2.35. The number of rotatable bonds is 4. The highest BCUT2D eigenvalue weighted by atomic mass is 35.5. The van der Waals surface area contributed by atoms with Crippen LogP contribution in [0.3, 0.4) is 0 Å². The third-order valence-electron chi connectivity index (χ3n) is 3.81. The third kappa shape index (κ3) is 3.46. The molecule has 1 unspecified atom stereocenters. The van der Waals surface area contributed by atoms with Gasteiger partial charge in [-0.25, -0.2) is 13.5 Å². The quantitative estimate of drug-likeness (QED) is 0.571. The topological polar surface area (TPSA) is 76.5 Å². The van der Waals surface area contributed by atoms with E-state index in [1.807, 2.05) is 6.07 Å². The van der Waals surface area contributed by atoms with Crippen molar-refractivity contribution in [2.24, 2.45) is 7.05 Å². The van der Waals surface area contributed by atoms with Gasteiger partial charge in [-0.15, -0.1) is 0 Å². The first-order valence-corrected chi connectivity index (χ1v) is 9.94. The minimum Gasteiger partial charge on any atom is -0.255 e. The van der Waals surface area contributed by atoms with Gasteiger partial charge >= 0.3 is 0 Å². The molecule has 1 atom stereocenters. The Morgan fingerprint density at radius 2 is 1.86 bits per heavy atom. The standard InChI is InChI=1S/C17H11Cl2F2N5OS/c1-25-17(19)14(16(18)24-25)15(28(2)27)12(8-22)26-7-6-11(23-26)13-9(20)4-3-5-10(13)21/h3-7H,1-2H3. The van der Waals surface area contributed by atoms with E-state index in [1.165, 1.54) is 36.3 Å². The number of halogens is 4. The molecule has 3 rings (SSSR count). The fourth-order valence-corrected chi connectivity index (χ4v) is 4.16. The van der Waals surface area contributed by atoms with Gasteiger partial charge in [0.1, 0.15) is 22.9 Å². The maximum atomic E-state index is 14.0. The summed E-state index contributed by atoms with van der Waals surface area (Å²) < 4.78 is 42.8. The molecule has 0 aliphatic carbocycles. The molecule has 28 heavy (non-hydrogen) atoms. The van der Waals surface area contributed by atoms with Gasteiger partial charge in [-0.05, 0) is 18.2 Å². The first kappa shape index (κ1) is 20.2. The summed E-state index contributed by atoms with van der Waals surface area (Å²) in [5.74, 6) is -1.60. The fourth-order valence-electron chi connectivity index (χ4n) is 2.59. The SMILES string of the molecule is Cn1nc(Cl)c(C(=C(C#N)n2ccc(-c3c(F)cccc3F)n2)S(C)=O)c1Cl. The lowest BCUT2D eigenvalue weighted by Gasteiger charge is -2.08. The van der Waals surface area contributed by atoms with Crippen molar-refractivity contribution in [2.45, 2.75) is 0 Å². The summed E-state index contributed by atoms with van der Waals surface area (Å²) in [6, 6.07) is 6.66. The van der Waals surface area contributed by atoms with Crippen LogP contribution in [0.2, 0.25) is 10.3 Å². The fraction of sp³-hybridized carbons (Fsp3) is 0.118. The summed E-state index contributed by atoms with van der Waals surface area (Å²) in [4.78, 5) is -0.00532. The van der Waals surface area contributed by atoms with Gasteiger partial charge in [0, 0.05) is 19.5 Å². The molecule has 11 heteroatoms. The first-order valence-electron chi connectivity index (χ1n) is 7.62. The first-order chi connectivity index (χ1) is 13.3. The van der Waals surface area contributed by atoms with E-state index in [9.17, 15) is 18.3 Å². The molecule has 3 aromatic rings. The van der Waals surface area contributed by atoms with Crippen LogP contribution in [-0.4, -0.2) is 30.0 Å². The van der Waals surface area contributed by atoms with E-state index in [2.05, 4.69) is 10.2 Å². The highest BCUT2D eigenvalue weighted by molar-refractivity contribution is 7.94. The van der Waals surface area contributed by atoms with Gasteiger partial charge in [0.15, 0.2) is 10.9 Å². The molecular formula is C17H11Cl2F2N5OS. The molecule has 144 valence electrons. The molecule has 0 amide bonds. The second kappa shape index (κ2) is 7.83. The Morgan fingerprint density at radius 3 is 2.36 bits per heavy atom. The van der Waals surface area contributed by atoms with Crippen LogP contribution < -0.4 is 0 Å². The minimum atomic E-state index is -1.71. The van der Waals surface area contributed by atoms with Gasteiger partial charge in [-0.1, -0.05) is 29.3 Å². The predicted octanol–water partition coefficient (Wildman–Crippen LogP) is 4.10. The van der Waals surface area contributed by atoms with Crippen molar-refractivity contribution in [1.29, 1.82) is 5.26 Å². The van der Waals surface area contributed by atoms with E-state index in [4.69, 9.17) is 23.2 Å². The predicted molar refractivity (Wildman–Crippen MR) is 104 cm³/mol. The largest absolute Gasteiger partial charge is 0.255 e. The summed E-state index contributed by atoms with van der Waals surface area (Å²) in [6.45, 7) is 0. The number of aryl methyl sites for hydroxylation is 1. The molecule has 0 fully saturated rings. The average Bonchev–Trinajstić information content (AvgIpc) is 3.18.